The van der Waals surface area contributed by atoms with Crippen LogP contribution in [0.4, 0.5) is 0 Å². The van der Waals surface area contributed by atoms with Gasteiger partial charge in [0.15, 0.2) is 0 Å². The van der Waals surface area contributed by atoms with Crippen LogP contribution in [-0.2, 0) is 11.2 Å². The lowest BCUT2D eigenvalue weighted by molar-refractivity contribution is 0.202. The van der Waals surface area contributed by atoms with E-state index >= 15 is 0 Å². The molecule has 0 aliphatic heterocycles. The third kappa shape index (κ3) is 1.87. The third-order valence-corrected chi connectivity index (χ3v) is 2.88. The van der Waals surface area contributed by atoms with Crippen molar-refractivity contribution in [2.45, 2.75) is 6.42 Å². The van der Waals surface area contributed by atoms with E-state index in [0.717, 1.165) is 23.6 Å². The first kappa shape index (κ1) is 8.66. The lowest BCUT2D eigenvalue weighted by atomic mass is 10.3. The van der Waals surface area contributed by atoms with Gasteiger partial charge >= 0.3 is 0 Å². The zero-order valence-electron chi connectivity index (χ0n) is 7.41. The predicted octanol–water partition coefficient (Wildman–Crippen LogP) is 2.29. The minimum absolute atomic E-state index is 0.740. The monoisotopic (exact) mass is 192 g/mol. The molecule has 0 unspecified atom stereocenters. The number of fused-ring (bicyclic) bond motifs is 1. The highest BCUT2D eigenvalue weighted by Crippen LogP contribution is 2.21. The highest BCUT2D eigenvalue weighted by molar-refractivity contribution is 7.18. The van der Waals surface area contributed by atoms with Crippen LogP contribution in [0.25, 0.3) is 10.2 Å². The molecule has 1 aromatic heterocycles. The van der Waals surface area contributed by atoms with Gasteiger partial charge in [-0.15, -0.1) is 11.3 Å². The Kier molecular flexibility index (Phi) is 2.57. The van der Waals surface area contributed by atoms with Gasteiger partial charge in [-0.05, 0) is 18.2 Å². The van der Waals surface area contributed by atoms with Crippen molar-refractivity contribution in [3.05, 3.63) is 29.3 Å². The SMILES string of the molecule is COCCc1nc2cc[c]cc2s1. The molecule has 2 nitrogen and oxygen atoms in total. The Labute approximate surface area is 81.2 Å². The van der Waals surface area contributed by atoms with Crippen molar-refractivity contribution in [2.75, 3.05) is 13.7 Å². The second-order valence-corrected chi connectivity index (χ2v) is 3.86. The number of methoxy groups -OCH3 is 1. The van der Waals surface area contributed by atoms with Crippen molar-refractivity contribution in [2.24, 2.45) is 0 Å². The van der Waals surface area contributed by atoms with Crippen molar-refractivity contribution < 1.29 is 4.74 Å². The summed E-state index contributed by atoms with van der Waals surface area (Å²) in [6, 6.07) is 8.90. The summed E-state index contributed by atoms with van der Waals surface area (Å²) in [5.74, 6) is 0. The zero-order valence-corrected chi connectivity index (χ0v) is 8.23. The van der Waals surface area contributed by atoms with Crippen molar-refractivity contribution in [3.63, 3.8) is 0 Å². The molecule has 3 heteroatoms. The van der Waals surface area contributed by atoms with Gasteiger partial charge in [-0.25, -0.2) is 4.98 Å². The maximum atomic E-state index is 5.00. The molecule has 0 fully saturated rings. The molecule has 0 aliphatic carbocycles. The molecule has 67 valence electrons. The van der Waals surface area contributed by atoms with E-state index in [1.165, 1.54) is 4.70 Å². The Morgan fingerprint density at radius 1 is 1.62 bits per heavy atom. The average molecular weight is 192 g/mol. The van der Waals surface area contributed by atoms with Gasteiger partial charge in [0.05, 0.1) is 21.8 Å². The van der Waals surface area contributed by atoms with Crippen LogP contribution in [0.5, 0.6) is 0 Å². The van der Waals surface area contributed by atoms with Crippen LogP contribution in [0.1, 0.15) is 5.01 Å². The van der Waals surface area contributed by atoms with Gasteiger partial charge in [0.2, 0.25) is 0 Å². The number of thiazole rings is 1. The van der Waals surface area contributed by atoms with E-state index in [2.05, 4.69) is 11.1 Å². The smallest absolute Gasteiger partial charge is 0.0961 e. The Hall–Kier alpha value is -0.930. The Balaban J connectivity index is 2.28. The average Bonchev–Trinajstić information content (AvgIpc) is 2.57. The summed E-state index contributed by atoms with van der Waals surface area (Å²) >= 11 is 1.71. The number of aromatic nitrogens is 1. The fraction of sp³-hybridized carbons (Fsp3) is 0.300. The number of nitrogens with zero attached hydrogens (tertiary/aromatic N) is 1. The van der Waals surface area contributed by atoms with E-state index in [-0.39, 0.29) is 0 Å². The van der Waals surface area contributed by atoms with E-state index in [1.54, 1.807) is 18.4 Å². The van der Waals surface area contributed by atoms with Crippen LogP contribution in [0.15, 0.2) is 18.2 Å². The van der Waals surface area contributed by atoms with E-state index in [1.807, 2.05) is 18.2 Å². The maximum absolute atomic E-state index is 5.00. The highest BCUT2D eigenvalue weighted by Gasteiger charge is 2.01. The zero-order chi connectivity index (χ0) is 9.10. The molecule has 0 aliphatic rings. The Morgan fingerprint density at radius 2 is 2.54 bits per heavy atom. The first-order chi connectivity index (χ1) is 6.40. The van der Waals surface area contributed by atoms with E-state index < -0.39 is 0 Å². The van der Waals surface area contributed by atoms with E-state index in [0.29, 0.717) is 0 Å². The molecule has 0 atom stereocenters. The molecule has 0 saturated heterocycles. The molecule has 1 radical (unpaired) electrons. The minimum Gasteiger partial charge on any atom is -0.384 e. The topological polar surface area (TPSA) is 22.1 Å². The highest BCUT2D eigenvalue weighted by atomic mass is 32.1. The first-order valence-electron chi connectivity index (χ1n) is 4.14. The number of rotatable bonds is 3. The molecule has 0 amide bonds. The number of ether oxygens (including phenoxy) is 1. The quantitative estimate of drug-likeness (QED) is 0.744. The standard InChI is InChI=1S/C10H10NOS/c1-12-7-6-10-11-8-4-2-3-5-9(8)13-10/h2,4-5H,6-7H2,1H3. The maximum Gasteiger partial charge on any atom is 0.0961 e. The summed E-state index contributed by atoms with van der Waals surface area (Å²) < 4.78 is 6.20. The van der Waals surface area contributed by atoms with E-state index in [9.17, 15) is 0 Å². The molecule has 1 heterocycles. The van der Waals surface area contributed by atoms with Crippen molar-refractivity contribution in [1.82, 2.24) is 4.98 Å². The van der Waals surface area contributed by atoms with Crippen LogP contribution in [0.3, 0.4) is 0 Å². The molecular formula is C10H10NOS. The fourth-order valence-corrected chi connectivity index (χ4v) is 2.09. The lowest BCUT2D eigenvalue weighted by Gasteiger charge is -1.91. The third-order valence-electron chi connectivity index (χ3n) is 1.80. The summed E-state index contributed by atoms with van der Waals surface area (Å²) in [5.41, 5.74) is 1.06. The van der Waals surface area contributed by atoms with Gasteiger partial charge < -0.3 is 4.74 Å². The summed E-state index contributed by atoms with van der Waals surface area (Å²) in [4.78, 5) is 4.47. The van der Waals surface area contributed by atoms with Crippen molar-refractivity contribution >= 4 is 21.6 Å². The van der Waals surface area contributed by atoms with Crippen LogP contribution in [-0.4, -0.2) is 18.7 Å². The van der Waals surface area contributed by atoms with Gasteiger partial charge in [-0.3, -0.25) is 0 Å². The van der Waals surface area contributed by atoms with Crippen LogP contribution >= 0.6 is 11.3 Å². The summed E-state index contributed by atoms with van der Waals surface area (Å²) in [6.45, 7) is 0.740. The summed E-state index contributed by atoms with van der Waals surface area (Å²) in [7, 11) is 1.71. The summed E-state index contributed by atoms with van der Waals surface area (Å²) in [5, 5.41) is 1.14. The molecule has 0 spiro atoms. The van der Waals surface area contributed by atoms with Crippen molar-refractivity contribution in [1.29, 1.82) is 0 Å². The molecule has 0 N–H and O–H groups in total. The molecule has 1 aromatic carbocycles. The number of benzene rings is 1. The lowest BCUT2D eigenvalue weighted by Crippen LogP contribution is -1.92. The molecular weight excluding hydrogens is 182 g/mol. The summed E-state index contributed by atoms with van der Waals surface area (Å²) in [6.07, 6.45) is 0.899. The van der Waals surface area contributed by atoms with Crippen LogP contribution in [0, 0.1) is 6.07 Å². The van der Waals surface area contributed by atoms with Gasteiger partial charge in [0.25, 0.3) is 0 Å². The van der Waals surface area contributed by atoms with Crippen molar-refractivity contribution in [3.8, 4) is 0 Å². The second-order valence-electron chi connectivity index (χ2n) is 2.74. The van der Waals surface area contributed by atoms with Crippen LogP contribution in [0.2, 0.25) is 0 Å². The predicted molar refractivity (Wildman–Crippen MR) is 54.0 cm³/mol. The Bertz CT molecular complexity index is 363. The first-order valence-corrected chi connectivity index (χ1v) is 4.96. The van der Waals surface area contributed by atoms with Crippen LogP contribution < -0.4 is 0 Å². The number of hydrogen-bond donors (Lipinski definition) is 0. The van der Waals surface area contributed by atoms with Gasteiger partial charge in [-0.2, -0.15) is 0 Å². The number of hydrogen-bond acceptors (Lipinski definition) is 3. The van der Waals surface area contributed by atoms with E-state index in [4.69, 9.17) is 4.74 Å². The minimum atomic E-state index is 0.740. The van der Waals surface area contributed by atoms with Gasteiger partial charge in [-0.1, -0.05) is 6.07 Å². The molecule has 0 bridgehead atoms. The normalized spacial score (nSPS) is 10.8. The fourth-order valence-electron chi connectivity index (χ4n) is 1.16. The largest absolute Gasteiger partial charge is 0.384 e. The molecule has 0 saturated carbocycles. The molecule has 2 rings (SSSR count). The molecule has 2 aromatic rings. The second kappa shape index (κ2) is 3.85. The van der Waals surface area contributed by atoms with Gasteiger partial charge in [0.1, 0.15) is 0 Å². The Morgan fingerprint density at radius 3 is 3.31 bits per heavy atom. The van der Waals surface area contributed by atoms with Gasteiger partial charge in [0, 0.05) is 13.5 Å². The molecule has 13 heavy (non-hydrogen) atoms.